The highest BCUT2D eigenvalue weighted by Crippen LogP contribution is 2.29. The van der Waals surface area contributed by atoms with Crippen LogP contribution in [0.25, 0.3) is 0 Å². The van der Waals surface area contributed by atoms with E-state index >= 15 is 0 Å². The van der Waals surface area contributed by atoms with Crippen molar-refractivity contribution in [3.05, 3.63) is 101 Å². The molecule has 7 heteroatoms. The maximum absolute atomic E-state index is 12.9. The highest BCUT2D eigenvalue weighted by atomic mass is 32.1. The summed E-state index contributed by atoms with van der Waals surface area (Å²) in [4.78, 5) is 25.5. The number of benzene rings is 3. The minimum absolute atomic E-state index is 0.0455. The number of ether oxygens (including phenoxy) is 3. The Hall–Kier alpha value is -3.13. The summed E-state index contributed by atoms with van der Waals surface area (Å²) in [5.41, 5.74) is 2.51. The van der Waals surface area contributed by atoms with E-state index in [1.54, 1.807) is 24.3 Å². The summed E-state index contributed by atoms with van der Waals surface area (Å²) in [5, 5.41) is 9.96. The number of esters is 2. The van der Waals surface area contributed by atoms with Crippen LogP contribution in [0.5, 0.6) is 5.75 Å². The van der Waals surface area contributed by atoms with Gasteiger partial charge in [0.15, 0.2) is 0 Å². The topological polar surface area (TPSA) is 82.1 Å². The third-order valence-electron chi connectivity index (χ3n) is 5.63. The van der Waals surface area contributed by atoms with Gasteiger partial charge in [-0.2, -0.15) is 12.6 Å². The van der Waals surface area contributed by atoms with Crippen molar-refractivity contribution in [1.82, 2.24) is 0 Å². The lowest BCUT2D eigenvalue weighted by Crippen LogP contribution is -2.25. The maximum Gasteiger partial charge on any atom is 0.344 e. The van der Waals surface area contributed by atoms with Gasteiger partial charge in [-0.15, -0.1) is 0 Å². The summed E-state index contributed by atoms with van der Waals surface area (Å²) in [7, 11) is 0. The normalized spacial score (nSPS) is 12.5. The van der Waals surface area contributed by atoms with E-state index in [1.165, 1.54) is 17.7 Å². The number of hydrogen-bond acceptors (Lipinski definition) is 7. The minimum atomic E-state index is -0.964. The van der Waals surface area contributed by atoms with Crippen molar-refractivity contribution >= 4 is 24.6 Å². The predicted octanol–water partition coefficient (Wildman–Crippen LogP) is 5.30. The summed E-state index contributed by atoms with van der Waals surface area (Å²) in [6.07, 6.45) is 0.740. The zero-order chi connectivity index (χ0) is 25.8. The number of thiol groups is 1. The van der Waals surface area contributed by atoms with E-state index in [0.717, 1.165) is 18.4 Å². The molecule has 36 heavy (non-hydrogen) atoms. The van der Waals surface area contributed by atoms with E-state index in [1.807, 2.05) is 30.3 Å². The minimum Gasteiger partial charge on any atom is -0.459 e. The van der Waals surface area contributed by atoms with E-state index in [9.17, 15) is 14.7 Å². The molecular weight excluding hydrogens is 476 g/mol. The van der Waals surface area contributed by atoms with Crippen LogP contribution in [0.15, 0.2) is 78.9 Å². The van der Waals surface area contributed by atoms with Gasteiger partial charge < -0.3 is 19.3 Å². The first-order chi connectivity index (χ1) is 17.5. The fourth-order valence-corrected chi connectivity index (χ4v) is 3.93. The molecular formula is C29H32O6S. The Balaban J connectivity index is 1.62. The number of carbonyl (C=O) groups excluding carboxylic acids is 2. The Morgan fingerprint density at radius 3 is 2.08 bits per heavy atom. The average Bonchev–Trinajstić information content (AvgIpc) is 2.91. The lowest BCUT2D eigenvalue weighted by atomic mass is 9.89. The summed E-state index contributed by atoms with van der Waals surface area (Å²) >= 11 is 4.09. The van der Waals surface area contributed by atoms with Gasteiger partial charge in [-0.05, 0) is 54.0 Å². The number of hydrogen-bond donors (Lipinski definition) is 2. The number of aliphatic hydroxyl groups is 1. The highest BCUT2D eigenvalue weighted by Gasteiger charge is 2.21. The molecule has 0 fully saturated rings. The molecule has 1 N–H and O–H groups in total. The predicted molar refractivity (Wildman–Crippen MR) is 142 cm³/mol. The lowest BCUT2D eigenvalue weighted by molar-refractivity contribution is -0.0106. The summed E-state index contributed by atoms with van der Waals surface area (Å²) < 4.78 is 16.0. The fraction of sp³-hybridized carbons (Fsp3) is 0.310. The molecule has 0 aliphatic rings. The Kier molecular flexibility index (Phi) is 11.0. The number of carbonyl (C=O) groups is 2. The molecule has 0 aliphatic heterocycles. The molecule has 0 aliphatic carbocycles. The molecule has 3 rings (SSSR count). The van der Waals surface area contributed by atoms with Crippen molar-refractivity contribution in [2.75, 3.05) is 25.6 Å². The van der Waals surface area contributed by atoms with Crippen LogP contribution < -0.4 is 4.74 Å². The van der Waals surface area contributed by atoms with Crippen molar-refractivity contribution in [3.8, 4) is 5.75 Å². The average molecular weight is 509 g/mol. The van der Waals surface area contributed by atoms with Gasteiger partial charge in [-0.1, -0.05) is 61.5 Å². The maximum atomic E-state index is 12.9. The molecule has 0 spiro atoms. The molecule has 0 saturated carbocycles. The molecule has 2 unspecified atom stereocenters. The van der Waals surface area contributed by atoms with Gasteiger partial charge in [-0.25, -0.2) is 9.59 Å². The molecule has 0 bridgehead atoms. The van der Waals surface area contributed by atoms with Crippen LogP contribution in [0, 0.1) is 0 Å². The van der Waals surface area contributed by atoms with E-state index in [4.69, 9.17) is 14.2 Å². The van der Waals surface area contributed by atoms with Crippen molar-refractivity contribution in [1.29, 1.82) is 0 Å². The SMILES string of the molecule is CCC(c1ccccc1)c1ccc(OC(=O)c2ccccc2C(=O)OCC(O)COCCCS)cc1. The van der Waals surface area contributed by atoms with Crippen LogP contribution in [0.3, 0.4) is 0 Å². The molecule has 6 nitrogen and oxygen atoms in total. The van der Waals surface area contributed by atoms with Crippen molar-refractivity contribution < 1.29 is 28.9 Å². The molecule has 0 amide bonds. The van der Waals surface area contributed by atoms with Crippen molar-refractivity contribution in [3.63, 3.8) is 0 Å². The largest absolute Gasteiger partial charge is 0.459 e. The van der Waals surface area contributed by atoms with Crippen molar-refractivity contribution in [2.45, 2.75) is 31.8 Å². The summed E-state index contributed by atoms with van der Waals surface area (Å²) in [5.74, 6) is -0.0736. The quantitative estimate of drug-likeness (QED) is 0.141. The Labute approximate surface area is 217 Å². The van der Waals surface area contributed by atoms with Gasteiger partial charge in [-0.3, -0.25) is 0 Å². The second-order valence-electron chi connectivity index (χ2n) is 8.28. The van der Waals surface area contributed by atoms with Gasteiger partial charge in [0.2, 0.25) is 0 Å². The zero-order valence-electron chi connectivity index (χ0n) is 20.3. The van der Waals surface area contributed by atoms with E-state index in [2.05, 4.69) is 31.7 Å². The molecule has 0 saturated heterocycles. The summed E-state index contributed by atoms with van der Waals surface area (Å²) in [6.45, 7) is 2.40. The van der Waals surface area contributed by atoms with Crippen LogP contribution in [-0.4, -0.2) is 48.7 Å². The van der Waals surface area contributed by atoms with Crippen LogP contribution in [-0.2, 0) is 9.47 Å². The van der Waals surface area contributed by atoms with Gasteiger partial charge in [0.25, 0.3) is 0 Å². The smallest absolute Gasteiger partial charge is 0.344 e. The lowest BCUT2D eigenvalue weighted by Gasteiger charge is -2.16. The second kappa shape index (κ2) is 14.4. The molecule has 3 aromatic carbocycles. The van der Waals surface area contributed by atoms with Crippen LogP contribution in [0.1, 0.15) is 57.5 Å². The zero-order valence-corrected chi connectivity index (χ0v) is 21.2. The summed E-state index contributed by atoms with van der Waals surface area (Å²) in [6, 6.07) is 23.9. The standard InChI is InChI=1S/C29H32O6S/c1-2-25(21-9-4-3-5-10-21)22-13-15-24(16-14-22)35-29(32)27-12-7-6-11-26(27)28(31)34-20-23(30)19-33-17-8-18-36/h3-7,9-16,23,25,30,36H,2,8,17-20H2,1H3. The number of aliphatic hydroxyl groups excluding tert-OH is 1. The van der Waals surface area contributed by atoms with Gasteiger partial charge >= 0.3 is 11.9 Å². The Morgan fingerprint density at radius 2 is 1.44 bits per heavy atom. The molecule has 190 valence electrons. The second-order valence-corrected chi connectivity index (χ2v) is 8.73. The molecule has 0 aromatic heterocycles. The van der Waals surface area contributed by atoms with Crippen LogP contribution >= 0.6 is 12.6 Å². The molecule has 0 radical (unpaired) electrons. The van der Waals surface area contributed by atoms with E-state index < -0.39 is 18.0 Å². The van der Waals surface area contributed by atoms with Gasteiger partial charge in [0.1, 0.15) is 18.5 Å². The fourth-order valence-electron chi connectivity index (χ4n) is 3.80. The Bertz CT molecular complexity index is 1100. The van der Waals surface area contributed by atoms with Crippen LogP contribution in [0.4, 0.5) is 0 Å². The third-order valence-corrected chi connectivity index (χ3v) is 5.95. The molecule has 3 aromatic rings. The highest BCUT2D eigenvalue weighted by molar-refractivity contribution is 7.80. The Morgan fingerprint density at radius 1 is 0.833 bits per heavy atom. The first kappa shape index (κ1) is 27.5. The monoisotopic (exact) mass is 508 g/mol. The number of rotatable bonds is 13. The van der Waals surface area contributed by atoms with Crippen LogP contribution in [0.2, 0.25) is 0 Å². The molecule has 0 heterocycles. The van der Waals surface area contributed by atoms with E-state index in [-0.39, 0.29) is 30.3 Å². The van der Waals surface area contributed by atoms with E-state index in [0.29, 0.717) is 18.1 Å². The van der Waals surface area contributed by atoms with Crippen molar-refractivity contribution in [2.24, 2.45) is 0 Å². The molecule has 2 atom stereocenters. The third kappa shape index (κ3) is 7.95. The first-order valence-electron chi connectivity index (χ1n) is 12.0. The van der Waals surface area contributed by atoms with Gasteiger partial charge in [0.05, 0.1) is 17.7 Å². The van der Waals surface area contributed by atoms with Gasteiger partial charge in [0, 0.05) is 12.5 Å². The first-order valence-corrected chi connectivity index (χ1v) is 12.7.